The van der Waals surface area contributed by atoms with E-state index < -0.39 is 0 Å². The topological polar surface area (TPSA) is 38.5 Å². The fourth-order valence-corrected chi connectivity index (χ4v) is 3.38. The van der Waals surface area contributed by atoms with E-state index in [2.05, 4.69) is 11.8 Å². The summed E-state index contributed by atoms with van der Waals surface area (Å²) < 4.78 is 5.71. The quantitative estimate of drug-likeness (QED) is 0.768. The molecule has 17 heavy (non-hydrogen) atoms. The molecule has 100 valence electrons. The predicted octanol–water partition coefficient (Wildman–Crippen LogP) is 2.15. The van der Waals surface area contributed by atoms with E-state index in [1.807, 2.05) is 0 Å². The summed E-state index contributed by atoms with van der Waals surface area (Å²) in [5.74, 6) is 0. The number of hydrogen-bond acceptors (Lipinski definition) is 3. The van der Waals surface area contributed by atoms with E-state index in [0.29, 0.717) is 18.2 Å². The van der Waals surface area contributed by atoms with E-state index in [0.717, 1.165) is 6.61 Å². The molecule has 1 heterocycles. The van der Waals surface area contributed by atoms with Crippen LogP contribution in [0.5, 0.6) is 0 Å². The zero-order valence-corrected chi connectivity index (χ0v) is 11.2. The molecule has 3 nitrogen and oxygen atoms in total. The summed E-state index contributed by atoms with van der Waals surface area (Å²) in [6.45, 7) is 5.31. The summed E-state index contributed by atoms with van der Waals surface area (Å²) in [4.78, 5) is 2.63. The van der Waals surface area contributed by atoms with Crippen molar-refractivity contribution in [1.82, 2.24) is 4.90 Å². The maximum absolute atomic E-state index is 6.33. The third-order valence-electron chi connectivity index (χ3n) is 4.38. The van der Waals surface area contributed by atoms with Gasteiger partial charge in [0.05, 0.1) is 6.10 Å². The van der Waals surface area contributed by atoms with Gasteiger partial charge in [0.15, 0.2) is 0 Å². The summed E-state index contributed by atoms with van der Waals surface area (Å²) in [7, 11) is 0. The van der Waals surface area contributed by atoms with Gasteiger partial charge in [0.25, 0.3) is 0 Å². The lowest BCUT2D eigenvalue weighted by Crippen LogP contribution is -2.51. The average Bonchev–Trinajstić information content (AvgIpc) is 2.56. The van der Waals surface area contributed by atoms with Gasteiger partial charge < -0.3 is 10.5 Å². The van der Waals surface area contributed by atoms with Crippen molar-refractivity contribution in [2.75, 3.05) is 19.7 Å². The monoisotopic (exact) mass is 240 g/mol. The first-order chi connectivity index (χ1) is 8.31. The van der Waals surface area contributed by atoms with Crippen LogP contribution in [0.15, 0.2) is 0 Å². The molecule has 0 aromatic carbocycles. The summed E-state index contributed by atoms with van der Waals surface area (Å²) in [6, 6.07) is 1.04. The predicted molar refractivity (Wildman–Crippen MR) is 71.1 cm³/mol. The Balaban J connectivity index is 1.82. The van der Waals surface area contributed by atoms with E-state index in [9.17, 15) is 0 Å². The van der Waals surface area contributed by atoms with Crippen LogP contribution in [0.4, 0.5) is 0 Å². The van der Waals surface area contributed by atoms with Gasteiger partial charge in [-0.25, -0.2) is 0 Å². The molecule has 0 radical (unpaired) electrons. The Hall–Kier alpha value is -0.120. The molecule has 2 rings (SSSR count). The first-order valence-corrected chi connectivity index (χ1v) is 7.42. The molecular weight excluding hydrogens is 212 g/mol. The van der Waals surface area contributed by atoms with Gasteiger partial charge in [0, 0.05) is 31.8 Å². The molecule has 0 amide bonds. The smallest absolute Gasteiger partial charge is 0.0599 e. The van der Waals surface area contributed by atoms with Crippen molar-refractivity contribution in [2.24, 2.45) is 5.73 Å². The minimum absolute atomic E-state index is 0.404. The van der Waals surface area contributed by atoms with E-state index in [1.54, 1.807) is 0 Å². The average molecular weight is 240 g/mol. The third kappa shape index (κ3) is 3.67. The highest BCUT2D eigenvalue weighted by molar-refractivity contribution is 4.87. The second-order valence-electron chi connectivity index (χ2n) is 5.56. The number of likely N-dealkylation sites (tertiary alicyclic amines) is 1. The lowest BCUT2D eigenvalue weighted by Gasteiger charge is -2.39. The van der Waals surface area contributed by atoms with Crippen molar-refractivity contribution in [3.05, 3.63) is 0 Å². The van der Waals surface area contributed by atoms with E-state index in [-0.39, 0.29) is 0 Å². The number of piperidine rings is 1. The number of ether oxygens (including phenoxy) is 1. The molecule has 1 aliphatic carbocycles. The molecule has 2 atom stereocenters. The van der Waals surface area contributed by atoms with Crippen LogP contribution in [0, 0.1) is 0 Å². The highest BCUT2D eigenvalue weighted by Gasteiger charge is 2.29. The lowest BCUT2D eigenvalue weighted by molar-refractivity contribution is 0.000107. The van der Waals surface area contributed by atoms with Crippen LogP contribution in [-0.2, 0) is 4.74 Å². The van der Waals surface area contributed by atoms with Crippen molar-refractivity contribution >= 4 is 0 Å². The molecule has 0 aromatic rings. The first kappa shape index (κ1) is 13.3. The van der Waals surface area contributed by atoms with Crippen molar-refractivity contribution < 1.29 is 4.74 Å². The van der Waals surface area contributed by atoms with Gasteiger partial charge in [-0.2, -0.15) is 0 Å². The van der Waals surface area contributed by atoms with Crippen LogP contribution in [0.3, 0.4) is 0 Å². The van der Waals surface area contributed by atoms with Gasteiger partial charge in [-0.3, -0.25) is 4.90 Å². The Labute approximate surface area is 106 Å². The minimum Gasteiger partial charge on any atom is -0.378 e. The van der Waals surface area contributed by atoms with Crippen molar-refractivity contribution in [1.29, 1.82) is 0 Å². The van der Waals surface area contributed by atoms with Crippen LogP contribution in [-0.4, -0.2) is 42.8 Å². The molecule has 2 fully saturated rings. The van der Waals surface area contributed by atoms with Crippen LogP contribution < -0.4 is 5.73 Å². The molecule has 0 spiro atoms. The van der Waals surface area contributed by atoms with E-state index >= 15 is 0 Å². The summed E-state index contributed by atoms with van der Waals surface area (Å²) in [5.41, 5.74) is 6.33. The second kappa shape index (κ2) is 6.72. The third-order valence-corrected chi connectivity index (χ3v) is 4.38. The van der Waals surface area contributed by atoms with Crippen LogP contribution >= 0.6 is 0 Å². The van der Waals surface area contributed by atoms with Crippen molar-refractivity contribution in [3.8, 4) is 0 Å². The van der Waals surface area contributed by atoms with Crippen LogP contribution in [0.25, 0.3) is 0 Å². The Morgan fingerprint density at radius 3 is 2.47 bits per heavy atom. The SMILES string of the molecule is CCOC1CCN(C2CCCCCC2N)CC1. The Morgan fingerprint density at radius 2 is 1.76 bits per heavy atom. The lowest BCUT2D eigenvalue weighted by atomic mass is 9.98. The Kier molecular flexibility index (Phi) is 5.26. The highest BCUT2D eigenvalue weighted by atomic mass is 16.5. The minimum atomic E-state index is 0.404. The van der Waals surface area contributed by atoms with Gasteiger partial charge in [-0.15, -0.1) is 0 Å². The van der Waals surface area contributed by atoms with Gasteiger partial charge in [0.1, 0.15) is 0 Å². The Morgan fingerprint density at radius 1 is 1.06 bits per heavy atom. The molecule has 0 bridgehead atoms. The molecule has 2 aliphatic rings. The maximum atomic E-state index is 6.33. The molecule has 1 saturated heterocycles. The Bertz CT molecular complexity index is 214. The molecule has 2 N–H and O–H groups in total. The molecule has 3 heteroatoms. The van der Waals surface area contributed by atoms with Crippen LogP contribution in [0.1, 0.15) is 51.9 Å². The standard InChI is InChI=1S/C14H28N2O/c1-2-17-12-8-10-16(11-9-12)14-7-5-3-4-6-13(14)15/h12-14H,2-11,15H2,1H3. The number of nitrogens with zero attached hydrogens (tertiary/aromatic N) is 1. The van der Waals surface area contributed by atoms with E-state index in [4.69, 9.17) is 10.5 Å². The number of nitrogens with two attached hydrogens (primary N) is 1. The van der Waals surface area contributed by atoms with E-state index in [1.165, 1.54) is 58.0 Å². The molecule has 0 aromatic heterocycles. The fourth-order valence-electron chi connectivity index (χ4n) is 3.38. The zero-order valence-electron chi connectivity index (χ0n) is 11.2. The summed E-state index contributed by atoms with van der Waals surface area (Å²) in [5, 5.41) is 0. The maximum Gasteiger partial charge on any atom is 0.0599 e. The van der Waals surface area contributed by atoms with Crippen molar-refractivity contribution in [3.63, 3.8) is 0 Å². The van der Waals surface area contributed by atoms with Crippen LogP contribution in [0.2, 0.25) is 0 Å². The normalized spacial score (nSPS) is 33.5. The highest BCUT2D eigenvalue weighted by Crippen LogP contribution is 2.24. The summed E-state index contributed by atoms with van der Waals surface area (Å²) >= 11 is 0. The van der Waals surface area contributed by atoms with Crippen molar-refractivity contribution in [2.45, 2.75) is 70.1 Å². The molecular formula is C14H28N2O. The molecule has 1 aliphatic heterocycles. The van der Waals surface area contributed by atoms with Gasteiger partial charge in [-0.1, -0.05) is 19.3 Å². The largest absolute Gasteiger partial charge is 0.378 e. The molecule has 1 saturated carbocycles. The van der Waals surface area contributed by atoms with Gasteiger partial charge >= 0.3 is 0 Å². The summed E-state index contributed by atoms with van der Waals surface area (Å²) in [6.07, 6.45) is 9.47. The first-order valence-electron chi connectivity index (χ1n) is 7.42. The molecule has 2 unspecified atom stereocenters. The number of hydrogen-bond donors (Lipinski definition) is 1. The number of rotatable bonds is 3. The fraction of sp³-hybridized carbons (Fsp3) is 1.00. The van der Waals surface area contributed by atoms with Gasteiger partial charge in [-0.05, 0) is 32.6 Å². The zero-order chi connectivity index (χ0) is 12.1. The van der Waals surface area contributed by atoms with Gasteiger partial charge in [0.2, 0.25) is 0 Å². The second-order valence-corrected chi connectivity index (χ2v) is 5.56.